The van der Waals surface area contributed by atoms with Gasteiger partial charge in [-0.3, -0.25) is 0 Å². The molecule has 33 heavy (non-hydrogen) atoms. The number of hydrogen-bond donors (Lipinski definition) is 2. The molecule has 0 aliphatic rings. The number of urea groups is 1. The van der Waals surface area contributed by atoms with Gasteiger partial charge in [0.25, 0.3) is 0 Å². The number of rotatable bonds is 8. The monoisotopic (exact) mass is 444 g/mol. The van der Waals surface area contributed by atoms with E-state index in [0.717, 1.165) is 11.4 Å². The van der Waals surface area contributed by atoms with Gasteiger partial charge in [-0.2, -0.15) is 10.2 Å². The summed E-state index contributed by atoms with van der Waals surface area (Å²) in [6.07, 6.45) is 4.18. The van der Waals surface area contributed by atoms with Crippen LogP contribution in [0.5, 0.6) is 0 Å². The number of aromatic nitrogens is 4. The fourth-order valence-electron chi connectivity index (χ4n) is 3.21. The van der Waals surface area contributed by atoms with Crippen LogP contribution >= 0.6 is 0 Å². The van der Waals surface area contributed by atoms with E-state index in [2.05, 4.69) is 20.8 Å². The first-order valence-electron chi connectivity index (χ1n) is 10.6. The molecule has 168 valence electrons. The molecule has 0 atom stereocenters. The van der Waals surface area contributed by atoms with Crippen LogP contribution in [0.25, 0.3) is 11.4 Å². The predicted molar refractivity (Wildman–Crippen MR) is 124 cm³/mol. The molecule has 2 aromatic heterocycles. The Morgan fingerprint density at radius 3 is 2.48 bits per heavy atom. The summed E-state index contributed by atoms with van der Waals surface area (Å²) in [5.74, 6) is -0.474. The van der Waals surface area contributed by atoms with Gasteiger partial charge in [0.1, 0.15) is 0 Å². The van der Waals surface area contributed by atoms with Crippen molar-refractivity contribution >= 4 is 17.7 Å². The van der Waals surface area contributed by atoms with Gasteiger partial charge < -0.3 is 15.4 Å². The molecule has 0 aliphatic heterocycles. The van der Waals surface area contributed by atoms with Crippen molar-refractivity contribution in [2.75, 3.05) is 18.5 Å². The molecular formula is C24H24N6O3. The Morgan fingerprint density at radius 1 is 0.909 bits per heavy atom. The lowest BCUT2D eigenvalue weighted by atomic mass is 10.3. The van der Waals surface area contributed by atoms with Gasteiger partial charge >= 0.3 is 12.0 Å². The lowest BCUT2D eigenvalue weighted by Gasteiger charge is -2.09. The highest BCUT2D eigenvalue weighted by Crippen LogP contribution is 2.15. The molecule has 0 aliphatic carbocycles. The molecule has 0 saturated carbocycles. The number of amides is 2. The summed E-state index contributed by atoms with van der Waals surface area (Å²) in [5, 5.41) is 14.4. The number of carbonyl (C=O) groups is 2. The van der Waals surface area contributed by atoms with Gasteiger partial charge in [-0.15, -0.1) is 0 Å². The molecular weight excluding hydrogens is 420 g/mol. The van der Waals surface area contributed by atoms with Crippen molar-refractivity contribution in [2.24, 2.45) is 0 Å². The van der Waals surface area contributed by atoms with E-state index in [4.69, 9.17) is 4.74 Å². The highest BCUT2D eigenvalue weighted by atomic mass is 16.5. The van der Waals surface area contributed by atoms with Gasteiger partial charge in [0, 0.05) is 31.0 Å². The second-order valence-corrected chi connectivity index (χ2v) is 7.13. The van der Waals surface area contributed by atoms with E-state index >= 15 is 0 Å². The maximum absolute atomic E-state index is 12.3. The van der Waals surface area contributed by atoms with Crippen molar-refractivity contribution in [3.63, 3.8) is 0 Å². The number of nitrogens with zero attached hydrogens (tertiary/aromatic N) is 4. The summed E-state index contributed by atoms with van der Waals surface area (Å²) < 4.78 is 8.32. The molecule has 9 nitrogen and oxygen atoms in total. The minimum absolute atomic E-state index is 0.225. The first-order chi connectivity index (χ1) is 16.1. The van der Waals surface area contributed by atoms with Crippen LogP contribution in [0.2, 0.25) is 0 Å². The quantitative estimate of drug-likeness (QED) is 0.404. The largest absolute Gasteiger partial charge is 0.461 e. The molecule has 2 heterocycles. The molecule has 4 aromatic rings. The van der Waals surface area contributed by atoms with E-state index in [-0.39, 0.29) is 18.3 Å². The number of carbonyl (C=O) groups excluding carboxylic acids is 2. The molecule has 0 radical (unpaired) electrons. The van der Waals surface area contributed by atoms with Crippen LogP contribution < -0.4 is 10.6 Å². The van der Waals surface area contributed by atoms with Gasteiger partial charge in [0.15, 0.2) is 5.69 Å². The van der Waals surface area contributed by atoms with E-state index in [1.54, 1.807) is 42.1 Å². The van der Waals surface area contributed by atoms with E-state index in [1.807, 2.05) is 53.3 Å². The number of anilines is 1. The van der Waals surface area contributed by atoms with E-state index < -0.39 is 5.97 Å². The highest BCUT2D eigenvalue weighted by Gasteiger charge is 2.11. The van der Waals surface area contributed by atoms with Gasteiger partial charge in [0.05, 0.1) is 23.7 Å². The summed E-state index contributed by atoms with van der Waals surface area (Å²) >= 11 is 0. The van der Waals surface area contributed by atoms with Gasteiger partial charge in [0.2, 0.25) is 0 Å². The molecule has 2 amide bonds. The first kappa shape index (κ1) is 21.8. The zero-order valence-corrected chi connectivity index (χ0v) is 18.1. The third kappa shape index (κ3) is 5.65. The van der Waals surface area contributed by atoms with Crippen molar-refractivity contribution in [1.29, 1.82) is 0 Å². The first-order valence-corrected chi connectivity index (χ1v) is 10.6. The van der Waals surface area contributed by atoms with Gasteiger partial charge in [-0.1, -0.05) is 24.3 Å². The third-order valence-corrected chi connectivity index (χ3v) is 4.77. The van der Waals surface area contributed by atoms with Crippen molar-refractivity contribution < 1.29 is 14.3 Å². The summed E-state index contributed by atoms with van der Waals surface area (Å²) in [4.78, 5) is 24.1. The Bertz CT molecular complexity index is 1230. The van der Waals surface area contributed by atoms with Crippen molar-refractivity contribution in [3.8, 4) is 11.4 Å². The molecule has 2 N–H and O–H groups in total. The standard InChI is InChI=1S/C24H24N6O3/c1-2-33-23(31)22-13-16-30(28-22)21-10-6-7-19(17-21)26-24(32)25-14-11-18-12-15-29(27-18)20-8-4-3-5-9-20/h3-10,12-13,15-17H,2,11,14H2,1H3,(H2,25,26,32). The summed E-state index contributed by atoms with van der Waals surface area (Å²) in [6, 6.07) is 20.2. The second-order valence-electron chi connectivity index (χ2n) is 7.13. The number of benzene rings is 2. The summed E-state index contributed by atoms with van der Waals surface area (Å²) in [6.45, 7) is 2.47. The van der Waals surface area contributed by atoms with E-state index in [0.29, 0.717) is 24.3 Å². The van der Waals surface area contributed by atoms with Crippen LogP contribution in [-0.2, 0) is 11.2 Å². The average Bonchev–Trinajstić information content (AvgIpc) is 3.50. The van der Waals surface area contributed by atoms with Crippen molar-refractivity contribution in [1.82, 2.24) is 24.9 Å². The van der Waals surface area contributed by atoms with Gasteiger partial charge in [-0.05, 0) is 49.4 Å². The Kier molecular flexibility index (Phi) is 6.79. The number of ether oxygens (including phenoxy) is 1. The number of para-hydroxylation sites is 1. The fraction of sp³-hybridized carbons (Fsp3) is 0.167. The molecule has 4 rings (SSSR count). The van der Waals surface area contributed by atoms with E-state index in [9.17, 15) is 9.59 Å². The summed E-state index contributed by atoms with van der Waals surface area (Å²) in [5.41, 5.74) is 3.40. The fourth-order valence-corrected chi connectivity index (χ4v) is 3.21. The molecule has 0 spiro atoms. The number of nitrogens with one attached hydrogen (secondary N) is 2. The Morgan fingerprint density at radius 2 is 1.67 bits per heavy atom. The topological polar surface area (TPSA) is 103 Å². The maximum Gasteiger partial charge on any atom is 0.358 e. The highest BCUT2D eigenvalue weighted by molar-refractivity contribution is 5.89. The van der Waals surface area contributed by atoms with Crippen LogP contribution in [-0.4, -0.2) is 44.7 Å². The predicted octanol–water partition coefficient (Wildman–Crippen LogP) is 3.60. The van der Waals surface area contributed by atoms with E-state index in [1.165, 1.54) is 0 Å². The molecule has 0 saturated heterocycles. The molecule has 0 unspecified atom stereocenters. The minimum Gasteiger partial charge on any atom is -0.461 e. The lowest BCUT2D eigenvalue weighted by molar-refractivity contribution is 0.0519. The normalized spacial score (nSPS) is 10.6. The third-order valence-electron chi connectivity index (χ3n) is 4.77. The zero-order valence-electron chi connectivity index (χ0n) is 18.1. The smallest absolute Gasteiger partial charge is 0.358 e. The zero-order chi connectivity index (χ0) is 23.0. The van der Waals surface area contributed by atoms with Crippen LogP contribution in [0.4, 0.5) is 10.5 Å². The molecule has 0 fully saturated rings. The summed E-state index contributed by atoms with van der Waals surface area (Å²) in [7, 11) is 0. The van der Waals surface area contributed by atoms with Crippen LogP contribution in [0, 0.1) is 0 Å². The number of hydrogen-bond acceptors (Lipinski definition) is 5. The lowest BCUT2D eigenvalue weighted by Crippen LogP contribution is -2.30. The van der Waals surface area contributed by atoms with Crippen LogP contribution in [0.3, 0.4) is 0 Å². The molecule has 0 bridgehead atoms. The van der Waals surface area contributed by atoms with Crippen LogP contribution in [0.15, 0.2) is 79.1 Å². The number of esters is 1. The Hall–Kier alpha value is -4.40. The second kappa shape index (κ2) is 10.3. The Balaban J connectivity index is 1.30. The Labute approximate surface area is 191 Å². The van der Waals surface area contributed by atoms with Crippen LogP contribution in [0.1, 0.15) is 23.1 Å². The molecule has 9 heteroatoms. The SMILES string of the molecule is CCOC(=O)c1ccn(-c2cccc(NC(=O)NCCc3ccn(-c4ccccc4)n3)c2)n1. The maximum atomic E-state index is 12.3. The van der Waals surface area contributed by atoms with Gasteiger partial charge in [-0.25, -0.2) is 19.0 Å². The van der Waals surface area contributed by atoms with Crippen molar-refractivity contribution in [3.05, 3.63) is 90.5 Å². The van der Waals surface area contributed by atoms with Crippen molar-refractivity contribution in [2.45, 2.75) is 13.3 Å². The molecule has 2 aromatic carbocycles. The minimum atomic E-state index is -0.474. The average molecular weight is 444 g/mol.